The number of aromatic nitrogens is 1. The molecule has 1 unspecified atom stereocenters. The molecule has 0 fully saturated rings. The van der Waals surface area contributed by atoms with Crippen LogP contribution >= 0.6 is 45.7 Å². The molecule has 0 bridgehead atoms. The Morgan fingerprint density at radius 1 is 1.42 bits per heavy atom. The van der Waals surface area contributed by atoms with E-state index in [-0.39, 0.29) is 0 Å². The largest absolute Gasteiger partial charge is 0.481 e. The lowest BCUT2D eigenvalue weighted by Crippen LogP contribution is -2.20. The van der Waals surface area contributed by atoms with Crippen molar-refractivity contribution in [1.29, 1.82) is 0 Å². The van der Waals surface area contributed by atoms with Crippen molar-refractivity contribution in [3.8, 4) is 0 Å². The minimum atomic E-state index is -1.14. The minimum Gasteiger partial charge on any atom is -0.481 e. The van der Waals surface area contributed by atoms with Crippen LogP contribution in [0.1, 0.15) is 6.42 Å². The van der Waals surface area contributed by atoms with Crippen LogP contribution in [0.4, 0.5) is 0 Å². The van der Waals surface area contributed by atoms with Gasteiger partial charge in [0.25, 0.3) is 0 Å². The summed E-state index contributed by atoms with van der Waals surface area (Å²) in [4.78, 5) is 26.0. The van der Waals surface area contributed by atoms with Crippen LogP contribution in [0, 0.1) is 3.57 Å². The van der Waals surface area contributed by atoms with Crippen molar-refractivity contribution in [2.75, 3.05) is 0 Å². The molecular weight excluding hydrogens is 401 g/mol. The van der Waals surface area contributed by atoms with E-state index in [9.17, 15) is 9.59 Å². The van der Waals surface area contributed by atoms with Crippen molar-refractivity contribution >= 4 is 67.8 Å². The molecule has 0 saturated heterocycles. The Morgan fingerprint density at radius 2 is 2.16 bits per heavy atom. The first kappa shape index (κ1) is 14.5. The van der Waals surface area contributed by atoms with Gasteiger partial charge in [0.2, 0.25) is 0 Å². The first-order valence-corrected chi connectivity index (χ1v) is 7.91. The highest BCUT2D eigenvalue weighted by atomic mass is 127. The molecule has 1 atom stereocenters. The van der Waals surface area contributed by atoms with Gasteiger partial charge in [-0.05, 0) is 34.7 Å². The molecule has 0 amide bonds. The van der Waals surface area contributed by atoms with Crippen LogP contribution in [0.5, 0.6) is 0 Å². The molecule has 100 valence electrons. The molecule has 0 aliphatic heterocycles. The summed E-state index contributed by atoms with van der Waals surface area (Å²) in [5, 5.41) is 16.7. The molecule has 8 heteroatoms. The molecule has 0 aliphatic rings. The van der Waals surface area contributed by atoms with Gasteiger partial charge in [0.05, 0.1) is 16.6 Å². The highest BCUT2D eigenvalue weighted by Gasteiger charge is 2.24. The van der Waals surface area contributed by atoms with E-state index in [0.717, 1.165) is 25.5 Å². The molecule has 0 saturated carbocycles. The van der Waals surface area contributed by atoms with E-state index in [2.05, 4.69) is 27.6 Å². The number of carbonyl (C=O) groups is 2. The van der Waals surface area contributed by atoms with Gasteiger partial charge in [-0.25, -0.2) is 4.98 Å². The van der Waals surface area contributed by atoms with Crippen LogP contribution in [-0.2, 0) is 9.59 Å². The maximum Gasteiger partial charge on any atom is 0.317 e. The number of rotatable bonds is 5. The Bertz CT molecular complexity index is 643. The fourth-order valence-corrected chi connectivity index (χ4v) is 4.45. The van der Waals surface area contributed by atoms with Crippen molar-refractivity contribution in [1.82, 2.24) is 4.98 Å². The highest BCUT2D eigenvalue weighted by Crippen LogP contribution is 2.34. The van der Waals surface area contributed by atoms with E-state index in [1.807, 2.05) is 18.2 Å². The molecule has 2 rings (SSSR count). The van der Waals surface area contributed by atoms with Crippen molar-refractivity contribution in [3.05, 3.63) is 21.8 Å². The fraction of sp³-hybridized carbons (Fsp3) is 0.182. The van der Waals surface area contributed by atoms with Crippen LogP contribution < -0.4 is 0 Å². The average molecular weight is 409 g/mol. The second-order valence-corrected chi connectivity index (χ2v) is 7.25. The fourth-order valence-electron chi connectivity index (χ4n) is 1.40. The van der Waals surface area contributed by atoms with Gasteiger partial charge in [-0.3, -0.25) is 9.59 Å². The Balaban J connectivity index is 2.26. The summed E-state index contributed by atoms with van der Waals surface area (Å²) in [6.07, 6.45) is -0.424. The lowest BCUT2D eigenvalue weighted by Gasteiger charge is -2.06. The van der Waals surface area contributed by atoms with Crippen molar-refractivity contribution < 1.29 is 19.8 Å². The summed E-state index contributed by atoms with van der Waals surface area (Å²) in [6.45, 7) is 0. The molecule has 0 aliphatic carbocycles. The molecular formula is C11H8INO4S2. The predicted octanol–water partition coefficient (Wildman–Crippen LogP) is 2.92. The Labute approximate surface area is 130 Å². The van der Waals surface area contributed by atoms with Gasteiger partial charge in [0, 0.05) is 3.57 Å². The van der Waals surface area contributed by atoms with Gasteiger partial charge < -0.3 is 10.2 Å². The summed E-state index contributed by atoms with van der Waals surface area (Å²) >= 11 is 4.52. The van der Waals surface area contributed by atoms with E-state index < -0.39 is 23.6 Å². The predicted molar refractivity (Wildman–Crippen MR) is 81.9 cm³/mol. The number of halogens is 1. The SMILES string of the molecule is O=C(O)CC(Sc1nc2c(I)cccc2s1)C(=O)O. The van der Waals surface area contributed by atoms with E-state index in [0.29, 0.717) is 4.34 Å². The third kappa shape index (κ3) is 3.57. The monoisotopic (exact) mass is 409 g/mol. The quantitative estimate of drug-likeness (QED) is 0.584. The smallest absolute Gasteiger partial charge is 0.317 e. The third-order valence-corrected chi connectivity index (χ3v) is 5.40. The van der Waals surface area contributed by atoms with Gasteiger partial charge in [0.1, 0.15) is 5.25 Å². The van der Waals surface area contributed by atoms with Crippen LogP contribution in [-0.4, -0.2) is 32.4 Å². The molecule has 2 aromatic rings. The van der Waals surface area contributed by atoms with E-state index >= 15 is 0 Å². The molecule has 1 aromatic heterocycles. The number of thiazole rings is 1. The number of nitrogens with zero attached hydrogens (tertiary/aromatic N) is 1. The number of carboxylic acid groups (broad SMARTS) is 2. The topological polar surface area (TPSA) is 87.5 Å². The second kappa shape index (κ2) is 6.06. The summed E-state index contributed by atoms with van der Waals surface area (Å²) < 4.78 is 2.53. The zero-order valence-corrected chi connectivity index (χ0v) is 13.2. The maximum atomic E-state index is 11.0. The zero-order chi connectivity index (χ0) is 14.0. The number of thioether (sulfide) groups is 1. The molecule has 2 N–H and O–H groups in total. The van der Waals surface area contributed by atoms with E-state index in [1.165, 1.54) is 11.3 Å². The van der Waals surface area contributed by atoms with Gasteiger partial charge >= 0.3 is 11.9 Å². The third-order valence-electron chi connectivity index (χ3n) is 2.23. The number of para-hydroxylation sites is 1. The van der Waals surface area contributed by atoms with Gasteiger partial charge in [-0.1, -0.05) is 17.8 Å². The summed E-state index contributed by atoms with van der Waals surface area (Å²) in [6, 6.07) is 5.73. The van der Waals surface area contributed by atoms with Crippen molar-refractivity contribution in [2.45, 2.75) is 16.0 Å². The maximum absolute atomic E-state index is 11.0. The molecule has 0 radical (unpaired) electrons. The molecule has 1 heterocycles. The summed E-state index contributed by atoms with van der Waals surface area (Å²) in [7, 11) is 0. The Kier molecular flexibility index (Phi) is 4.63. The van der Waals surface area contributed by atoms with Gasteiger partial charge in [-0.2, -0.15) is 0 Å². The minimum absolute atomic E-state index is 0.424. The van der Waals surface area contributed by atoms with Crippen LogP contribution in [0.3, 0.4) is 0 Å². The molecule has 0 spiro atoms. The molecule has 19 heavy (non-hydrogen) atoms. The number of hydrogen-bond donors (Lipinski definition) is 2. The lowest BCUT2D eigenvalue weighted by atomic mass is 10.3. The number of aliphatic carboxylic acids is 2. The standard InChI is InChI=1S/C11H8INO4S2/c12-5-2-1-3-6-9(5)13-11(18-6)19-7(10(16)17)4-8(14)15/h1-3,7H,4H2,(H,14,15)(H,16,17). The average Bonchev–Trinajstić information content (AvgIpc) is 2.71. The normalized spacial score (nSPS) is 12.5. The van der Waals surface area contributed by atoms with E-state index in [4.69, 9.17) is 10.2 Å². The van der Waals surface area contributed by atoms with Gasteiger partial charge in [-0.15, -0.1) is 11.3 Å². The number of fused-ring (bicyclic) bond motifs is 1. The first-order chi connectivity index (χ1) is 8.97. The highest BCUT2D eigenvalue weighted by molar-refractivity contribution is 14.1. The first-order valence-electron chi connectivity index (χ1n) is 5.13. The van der Waals surface area contributed by atoms with Crippen LogP contribution in [0.25, 0.3) is 10.2 Å². The van der Waals surface area contributed by atoms with Crippen LogP contribution in [0.2, 0.25) is 0 Å². The summed E-state index contributed by atoms with van der Waals surface area (Å²) in [5.41, 5.74) is 0.829. The van der Waals surface area contributed by atoms with Crippen molar-refractivity contribution in [2.24, 2.45) is 0 Å². The second-order valence-electron chi connectivity index (χ2n) is 3.61. The zero-order valence-electron chi connectivity index (χ0n) is 9.37. The van der Waals surface area contributed by atoms with Crippen LogP contribution in [0.15, 0.2) is 22.5 Å². The summed E-state index contributed by atoms with van der Waals surface area (Å²) in [5.74, 6) is -2.27. The number of benzene rings is 1. The Hall–Kier alpha value is -0.870. The van der Waals surface area contributed by atoms with Crippen molar-refractivity contribution in [3.63, 3.8) is 0 Å². The molecule has 1 aromatic carbocycles. The lowest BCUT2D eigenvalue weighted by molar-refractivity contribution is -0.142. The molecule has 5 nitrogen and oxygen atoms in total. The van der Waals surface area contributed by atoms with E-state index in [1.54, 1.807) is 0 Å². The Morgan fingerprint density at radius 3 is 2.74 bits per heavy atom. The van der Waals surface area contributed by atoms with Gasteiger partial charge in [0.15, 0.2) is 4.34 Å². The number of carboxylic acids is 2. The number of hydrogen-bond acceptors (Lipinski definition) is 5.